The van der Waals surface area contributed by atoms with Crippen LogP contribution in [0.5, 0.6) is 0 Å². The summed E-state index contributed by atoms with van der Waals surface area (Å²) in [5.74, 6) is -0.589. The molecular formula is C43H82O5. The molecule has 0 aliphatic rings. The van der Waals surface area contributed by atoms with Gasteiger partial charge < -0.3 is 14.6 Å². The van der Waals surface area contributed by atoms with Crippen molar-refractivity contribution in [1.29, 1.82) is 0 Å². The molecule has 0 unspecified atom stereocenters. The molecule has 0 aromatic carbocycles. The number of rotatable bonds is 39. The van der Waals surface area contributed by atoms with Crippen molar-refractivity contribution in [2.75, 3.05) is 13.2 Å². The summed E-state index contributed by atoms with van der Waals surface area (Å²) in [6, 6.07) is 0. The fourth-order valence-electron chi connectivity index (χ4n) is 6.31. The lowest BCUT2D eigenvalue weighted by Gasteiger charge is -2.15. The van der Waals surface area contributed by atoms with Crippen LogP contribution in [0.25, 0.3) is 0 Å². The molecule has 0 bridgehead atoms. The monoisotopic (exact) mass is 679 g/mol. The van der Waals surface area contributed by atoms with E-state index in [1.54, 1.807) is 0 Å². The van der Waals surface area contributed by atoms with Crippen LogP contribution in [0, 0.1) is 0 Å². The lowest BCUT2D eigenvalue weighted by Crippen LogP contribution is -2.28. The minimum Gasteiger partial charge on any atom is -0.462 e. The van der Waals surface area contributed by atoms with E-state index in [-0.39, 0.29) is 25.2 Å². The molecular weight excluding hydrogens is 596 g/mol. The van der Waals surface area contributed by atoms with Gasteiger partial charge in [0, 0.05) is 12.8 Å². The van der Waals surface area contributed by atoms with Gasteiger partial charge in [-0.3, -0.25) is 9.59 Å². The number of hydrogen-bond donors (Lipinski definition) is 1. The van der Waals surface area contributed by atoms with E-state index in [1.807, 2.05) is 0 Å². The van der Waals surface area contributed by atoms with Crippen LogP contribution in [0.2, 0.25) is 0 Å². The summed E-state index contributed by atoms with van der Waals surface area (Å²) in [5.41, 5.74) is 0. The van der Waals surface area contributed by atoms with Gasteiger partial charge in [0.15, 0.2) is 6.10 Å². The molecule has 284 valence electrons. The topological polar surface area (TPSA) is 72.8 Å². The minimum atomic E-state index is -0.769. The minimum absolute atomic E-state index is 0.0630. The number of hydrogen-bond acceptors (Lipinski definition) is 5. The quantitative estimate of drug-likeness (QED) is 0.0398. The summed E-state index contributed by atoms with van der Waals surface area (Å²) in [5, 5.41) is 9.55. The van der Waals surface area contributed by atoms with Crippen LogP contribution in [0.3, 0.4) is 0 Å². The van der Waals surface area contributed by atoms with Gasteiger partial charge in [-0.15, -0.1) is 0 Å². The van der Waals surface area contributed by atoms with Crippen molar-refractivity contribution in [3.8, 4) is 0 Å². The molecule has 0 aromatic heterocycles. The van der Waals surface area contributed by atoms with E-state index in [1.165, 1.54) is 167 Å². The Hall–Kier alpha value is -1.36. The van der Waals surface area contributed by atoms with E-state index >= 15 is 0 Å². The van der Waals surface area contributed by atoms with E-state index in [9.17, 15) is 14.7 Å². The van der Waals surface area contributed by atoms with Crippen LogP contribution < -0.4 is 0 Å². The smallest absolute Gasteiger partial charge is 0.306 e. The maximum Gasteiger partial charge on any atom is 0.306 e. The van der Waals surface area contributed by atoms with Crippen molar-refractivity contribution >= 4 is 11.9 Å². The number of carbonyl (C=O) groups is 2. The first-order valence-electron chi connectivity index (χ1n) is 21.2. The Morgan fingerprint density at radius 1 is 0.458 bits per heavy atom. The third kappa shape index (κ3) is 37.5. The van der Waals surface area contributed by atoms with Crippen LogP contribution in [0.4, 0.5) is 0 Å². The highest BCUT2D eigenvalue weighted by Crippen LogP contribution is 2.16. The van der Waals surface area contributed by atoms with Gasteiger partial charge in [-0.1, -0.05) is 193 Å². The summed E-state index contributed by atoms with van der Waals surface area (Å²) < 4.78 is 10.6. The Labute approximate surface area is 299 Å². The number of aliphatic hydroxyl groups excluding tert-OH is 1. The Bertz CT molecular complexity index is 691. The fourth-order valence-corrected chi connectivity index (χ4v) is 6.31. The molecule has 0 spiro atoms. The standard InChI is InChI=1S/C43H82O5/c1-3-5-7-9-11-13-15-17-18-19-20-21-22-23-24-26-27-29-31-33-35-37-42(45)47-40-41(39-44)48-43(46)38-36-34-32-30-28-25-16-14-12-10-8-6-4-2/h14,16,41,44H,3-13,15,17-40H2,1-2H3/t41-/m0/s1. The second kappa shape index (κ2) is 40.1. The zero-order chi connectivity index (χ0) is 35.0. The van der Waals surface area contributed by atoms with Crippen LogP contribution >= 0.6 is 0 Å². The Kier molecular flexibility index (Phi) is 38.9. The molecule has 0 rings (SSSR count). The van der Waals surface area contributed by atoms with Crippen molar-refractivity contribution in [3.05, 3.63) is 12.2 Å². The molecule has 0 aliphatic carbocycles. The first-order chi connectivity index (χ1) is 23.6. The van der Waals surface area contributed by atoms with Crippen LogP contribution in [0.15, 0.2) is 12.2 Å². The lowest BCUT2D eigenvalue weighted by atomic mass is 10.0. The van der Waals surface area contributed by atoms with E-state index in [0.717, 1.165) is 38.5 Å². The molecule has 0 saturated carbocycles. The molecule has 5 nitrogen and oxygen atoms in total. The Morgan fingerprint density at radius 3 is 1.15 bits per heavy atom. The second-order valence-corrected chi connectivity index (χ2v) is 14.4. The van der Waals surface area contributed by atoms with Gasteiger partial charge >= 0.3 is 11.9 Å². The summed E-state index contributed by atoms with van der Waals surface area (Å²) in [6.45, 7) is 4.14. The van der Waals surface area contributed by atoms with Crippen LogP contribution in [-0.4, -0.2) is 36.4 Å². The number of esters is 2. The number of unbranched alkanes of at least 4 members (excludes halogenated alkanes) is 29. The SMILES string of the molecule is CCCCCCC=CCCCCCCCC(=O)O[C@@H](CO)COC(=O)CCCCCCCCCCCCCCCCCCCCCCC. The van der Waals surface area contributed by atoms with Crippen molar-refractivity contribution in [2.45, 2.75) is 238 Å². The molecule has 0 aromatic rings. The molecule has 0 aliphatic heterocycles. The molecule has 0 radical (unpaired) electrons. The van der Waals surface area contributed by atoms with E-state index in [2.05, 4.69) is 26.0 Å². The number of aliphatic hydroxyl groups is 1. The maximum absolute atomic E-state index is 12.1. The molecule has 48 heavy (non-hydrogen) atoms. The van der Waals surface area contributed by atoms with Crippen molar-refractivity contribution in [3.63, 3.8) is 0 Å². The maximum atomic E-state index is 12.1. The molecule has 0 heterocycles. The fraction of sp³-hybridized carbons (Fsp3) is 0.907. The highest BCUT2D eigenvalue weighted by atomic mass is 16.6. The van der Waals surface area contributed by atoms with Gasteiger partial charge in [0.25, 0.3) is 0 Å². The average Bonchev–Trinajstić information content (AvgIpc) is 3.09. The Morgan fingerprint density at radius 2 is 0.771 bits per heavy atom. The average molecular weight is 679 g/mol. The van der Waals surface area contributed by atoms with E-state index in [4.69, 9.17) is 9.47 Å². The van der Waals surface area contributed by atoms with Gasteiger partial charge in [0.2, 0.25) is 0 Å². The Balaban J connectivity index is 3.47. The summed E-state index contributed by atoms with van der Waals surface area (Å²) in [7, 11) is 0. The predicted molar refractivity (Wildman–Crippen MR) is 205 cm³/mol. The van der Waals surface area contributed by atoms with E-state index in [0.29, 0.717) is 12.8 Å². The normalized spacial score (nSPS) is 12.1. The highest BCUT2D eigenvalue weighted by Gasteiger charge is 2.16. The van der Waals surface area contributed by atoms with Gasteiger partial charge in [0.05, 0.1) is 6.61 Å². The molecule has 1 atom stereocenters. The third-order valence-electron chi connectivity index (χ3n) is 9.56. The first kappa shape index (κ1) is 46.6. The first-order valence-corrected chi connectivity index (χ1v) is 21.2. The van der Waals surface area contributed by atoms with E-state index < -0.39 is 6.10 Å². The molecule has 5 heteroatoms. The van der Waals surface area contributed by atoms with Gasteiger partial charge in [-0.2, -0.15) is 0 Å². The number of ether oxygens (including phenoxy) is 2. The van der Waals surface area contributed by atoms with Crippen LogP contribution in [-0.2, 0) is 19.1 Å². The van der Waals surface area contributed by atoms with Crippen LogP contribution in [0.1, 0.15) is 232 Å². The zero-order valence-electron chi connectivity index (χ0n) is 32.3. The van der Waals surface area contributed by atoms with Gasteiger partial charge in [-0.25, -0.2) is 0 Å². The summed E-state index contributed by atoms with van der Waals surface area (Å²) in [4.78, 5) is 24.3. The molecule has 0 fully saturated rings. The van der Waals surface area contributed by atoms with Crippen molar-refractivity contribution in [1.82, 2.24) is 0 Å². The summed E-state index contributed by atoms with van der Waals surface area (Å²) in [6.07, 6.45) is 45.7. The van der Waals surface area contributed by atoms with Crippen molar-refractivity contribution in [2.24, 2.45) is 0 Å². The largest absolute Gasteiger partial charge is 0.462 e. The summed E-state index contributed by atoms with van der Waals surface area (Å²) >= 11 is 0. The molecule has 1 N–H and O–H groups in total. The predicted octanol–water partition coefficient (Wildman–Crippen LogP) is 13.3. The highest BCUT2D eigenvalue weighted by molar-refractivity contribution is 5.70. The molecule has 0 amide bonds. The van der Waals surface area contributed by atoms with Gasteiger partial charge in [0.1, 0.15) is 6.61 Å². The third-order valence-corrected chi connectivity index (χ3v) is 9.56. The number of allylic oxidation sites excluding steroid dienone is 2. The number of carbonyl (C=O) groups excluding carboxylic acids is 2. The van der Waals surface area contributed by atoms with Gasteiger partial charge in [-0.05, 0) is 38.5 Å². The molecule has 0 saturated heterocycles. The van der Waals surface area contributed by atoms with Crippen molar-refractivity contribution < 1.29 is 24.2 Å². The zero-order valence-corrected chi connectivity index (χ0v) is 32.3. The second-order valence-electron chi connectivity index (χ2n) is 14.4. The lowest BCUT2D eigenvalue weighted by molar-refractivity contribution is -0.161.